The van der Waals surface area contributed by atoms with Crippen LogP contribution >= 0.6 is 0 Å². The molecule has 1 atom stereocenters. The summed E-state index contributed by atoms with van der Waals surface area (Å²) in [5.41, 5.74) is 8.68. The molecule has 0 aliphatic carbocycles. The van der Waals surface area contributed by atoms with Gasteiger partial charge in [0.05, 0.1) is 18.6 Å². The lowest BCUT2D eigenvalue weighted by Crippen LogP contribution is -2.52. The summed E-state index contributed by atoms with van der Waals surface area (Å²) in [6.07, 6.45) is 1.19. The molecule has 1 heterocycles. The first-order valence-corrected chi connectivity index (χ1v) is 6.10. The highest BCUT2D eigenvalue weighted by Gasteiger charge is 2.38. The van der Waals surface area contributed by atoms with Crippen LogP contribution in [0.2, 0.25) is 0 Å². The molecule has 1 aliphatic rings. The molecule has 0 spiro atoms. The molecule has 0 aromatic heterocycles. The van der Waals surface area contributed by atoms with Gasteiger partial charge in [0.15, 0.2) is 0 Å². The van der Waals surface area contributed by atoms with Crippen LogP contribution in [0.5, 0.6) is 0 Å². The summed E-state index contributed by atoms with van der Waals surface area (Å²) in [6, 6.07) is 8.91. The molecule has 1 unspecified atom stereocenters. The third kappa shape index (κ3) is 1.87. The van der Waals surface area contributed by atoms with E-state index >= 15 is 0 Å². The van der Waals surface area contributed by atoms with E-state index in [1.165, 1.54) is 17.5 Å². The van der Waals surface area contributed by atoms with Crippen LogP contribution in [0.25, 0.3) is 0 Å². The lowest BCUT2D eigenvalue weighted by atomic mass is 9.78. The first-order chi connectivity index (χ1) is 7.72. The molecule has 2 N–H and O–H groups in total. The van der Waals surface area contributed by atoms with Gasteiger partial charge < -0.3 is 10.5 Å². The molecule has 0 amide bonds. The zero-order valence-electron chi connectivity index (χ0n) is 10.2. The van der Waals surface area contributed by atoms with E-state index in [-0.39, 0.29) is 5.41 Å². The smallest absolute Gasteiger partial charge is 0.0597 e. The van der Waals surface area contributed by atoms with Gasteiger partial charge in [0, 0.05) is 6.54 Å². The first-order valence-electron chi connectivity index (χ1n) is 6.10. The predicted molar refractivity (Wildman–Crippen MR) is 66.7 cm³/mol. The summed E-state index contributed by atoms with van der Waals surface area (Å²) in [5.74, 6) is 0.639. The van der Waals surface area contributed by atoms with Gasteiger partial charge in [0.25, 0.3) is 0 Å². The van der Waals surface area contributed by atoms with E-state index in [4.69, 9.17) is 10.5 Å². The van der Waals surface area contributed by atoms with Crippen molar-refractivity contribution < 1.29 is 4.74 Å². The van der Waals surface area contributed by atoms with Gasteiger partial charge in [-0.3, -0.25) is 0 Å². The second kappa shape index (κ2) is 4.56. The Balaban J connectivity index is 2.18. The molecule has 1 fully saturated rings. The molecule has 1 aromatic rings. The normalized spacial score (nSPS) is 20.2. The Morgan fingerprint density at radius 1 is 1.31 bits per heavy atom. The Kier molecular flexibility index (Phi) is 3.31. The highest BCUT2D eigenvalue weighted by molar-refractivity contribution is 5.32. The van der Waals surface area contributed by atoms with Crippen molar-refractivity contribution in [2.24, 2.45) is 5.73 Å². The Hall–Kier alpha value is -0.860. The van der Waals surface area contributed by atoms with Crippen LogP contribution in [0.4, 0.5) is 0 Å². The average Bonchev–Trinajstić information content (AvgIpc) is 2.28. The van der Waals surface area contributed by atoms with Crippen molar-refractivity contribution in [2.45, 2.75) is 31.6 Å². The Morgan fingerprint density at radius 2 is 1.94 bits per heavy atom. The van der Waals surface area contributed by atoms with Gasteiger partial charge >= 0.3 is 0 Å². The fourth-order valence-corrected chi connectivity index (χ4v) is 2.15. The molecule has 16 heavy (non-hydrogen) atoms. The fourth-order valence-electron chi connectivity index (χ4n) is 2.15. The molecule has 2 rings (SSSR count). The zero-order chi connectivity index (χ0) is 11.6. The number of benzene rings is 1. The molecule has 1 saturated heterocycles. The third-order valence-electron chi connectivity index (χ3n) is 3.85. The molecule has 1 aliphatic heterocycles. The van der Waals surface area contributed by atoms with Crippen molar-refractivity contribution in [3.8, 4) is 0 Å². The molecular weight excluding hydrogens is 198 g/mol. The van der Waals surface area contributed by atoms with E-state index in [0.717, 1.165) is 13.2 Å². The number of rotatable bonds is 4. The molecule has 2 nitrogen and oxygen atoms in total. The van der Waals surface area contributed by atoms with Gasteiger partial charge in [-0.1, -0.05) is 38.1 Å². The Morgan fingerprint density at radius 3 is 2.31 bits per heavy atom. The van der Waals surface area contributed by atoms with Crippen molar-refractivity contribution in [3.05, 3.63) is 35.4 Å². The van der Waals surface area contributed by atoms with Crippen molar-refractivity contribution in [1.82, 2.24) is 0 Å². The first kappa shape index (κ1) is 11.6. The lowest BCUT2D eigenvalue weighted by Gasteiger charge is -2.41. The van der Waals surface area contributed by atoms with Crippen LogP contribution in [0.1, 0.15) is 37.3 Å². The second-order valence-corrected chi connectivity index (χ2v) is 4.91. The highest BCUT2D eigenvalue weighted by Crippen LogP contribution is 2.32. The summed E-state index contributed by atoms with van der Waals surface area (Å²) >= 11 is 0. The van der Waals surface area contributed by atoms with Gasteiger partial charge in [0.1, 0.15) is 0 Å². The number of hydrogen-bond acceptors (Lipinski definition) is 2. The predicted octanol–water partition coefficient (Wildman–Crippen LogP) is 2.43. The van der Waals surface area contributed by atoms with Gasteiger partial charge in [0.2, 0.25) is 0 Å². The maximum atomic E-state index is 5.84. The molecule has 0 radical (unpaired) electrons. The topological polar surface area (TPSA) is 35.2 Å². The number of hydrogen-bond donors (Lipinski definition) is 1. The molecular formula is C14H21NO. The quantitative estimate of drug-likeness (QED) is 0.844. The van der Waals surface area contributed by atoms with Crippen LogP contribution in [-0.4, -0.2) is 19.8 Å². The molecule has 0 bridgehead atoms. The van der Waals surface area contributed by atoms with Crippen LogP contribution in [0.3, 0.4) is 0 Å². The molecule has 88 valence electrons. The maximum Gasteiger partial charge on any atom is 0.0597 e. The summed E-state index contributed by atoms with van der Waals surface area (Å²) < 4.78 is 5.30. The highest BCUT2D eigenvalue weighted by atomic mass is 16.5. The van der Waals surface area contributed by atoms with Crippen LogP contribution in [-0.2, 0) is 10.2 Å². The minimum atomic E-state index is 0.0913. The van der Waals surface area contributed by atoms with E-state index < -0.39 is 0 Å². The number of ether oxygens (including phenoxy) is 1. The van der Waals surface area contributed by atoms with Gasteiger partial charge in [-0.05, 0) is 23.5 Å². The largest absolute Gasteiger partial charge is 0.379 e. The summed E-state index contributed by atoms with van der Waals surface area (Å²) in [7, 11) is 0. The van der Waals surface area contributed by atoms with E-state index in [1.807, 2.05) is 0 Å². The third-order valence-corrected chi connectivity index (χ3v) is 3.85. The SMILES string of the molecule is CCC(C)c1ccc(C2(CN)COC2)cc1. The van der Waals surface area contributed by atoms with Crippen LogP contribution in [0, 0.1) is 0 Å². The van der Waals surface area contributed by atoms with Gasteiger partial charge in [-0.15, -0.1) is 0 Å². The average molecular weight is 219 g/mol. The fraction of sp³-hybridized carbons (Fsp3) is 0.571. The maximum absolute atomic E-state index is 5.84. The van der Waals surface area contributed by atoms with Crippen molar-refractivity contribution in [3.63, 3.8) is 0 Å². The Labute approximate surface area is 97.8 Å². The van der Waals surface area contributed by atoms with Gasteiger partial charge in [-0.2, -0.15) is 0 Å². The van der Waals surface area contributed by atoms with Crippen molar-refractivity contribution >= 4 is 0 Å². The van der Waals surface area contributed by atoms with Crippen molar-refractivity contribution in [2.75, 3.05) is 19.8 Å². The van der Waals surface area contributed by atoms with E-state index in [1.54, 1.807) is 0 Å². The Bertz CT molecular complexity index is 335. The minimum absolute atomic E-state index is 0.0913. The molecule has 1 aromatic carbocycles. The van der Waals surface area contributed by atoms with E-state index in [2.05, 4.69) is 38.1 Å². The standard InChI is InChI=1S/C14H21NO/c1-3-11(2)12-4-6-13(7-5-12)14(8-15)9-16-10-14/h4-7,11H,3,8-10,15H2,1-2H3. The minimum Gasteiger partial charge on any atom is -0.379 e. The number of nitrogens with two attached hydrogens (primary N) is 1. The summed E-state index contributed by atoms with van der Waals surface area (Å²) in [5, 5.41) is 0. The zero-order valence-corrected chi connectivity index (χ0v) is 10.2. The monoisotopic (exact) mass is 219 g/mol. The molecule has 2 heteroatoms. The van der Waals surface area contributed by atoms with Crippen LogP contribution in [0.15, 0.2) is 24.3 Å². The summed E-state index contributed by atoms with van der Waals surface area (Å²) in [4.78, 5) is 0. The van der Waals surface area contributed by atoms with Gasteiger partial charge in [-0.25, -0.2) is 0 Å². The van der Waals surface area contributed by atoms with Crippen molar-refractivity contribution in [1.29, 1.82) is 0 Å². The van der Waals surface area contributed by atoms with Crippen LogP contribution < -0.4 is 5.73 Å². The second-order valence-electron chi connectivity index (χ2n) is 4.91. The summed E-state index contributed by atoms with van der Waals surface area (Å²) in [6.45, 7) is 6.70. The van der Waals surface area contributed by atoms with E-state index in [0.29, 0.717) is 12.5 Å². The lowest BCUT2D eigenvalue weighted by molar-refractivity contribution is -0.0550. The van der Waals surface area contributed by atoms with E-state index in [9.17, 15) is 0 Å². The molecule has 0 saturated carbocycles.